The molecule has 8 nitrogen and oxygen atoms in total. The van der Waals surface area contributed by atoms with E-state index in [2.05, 4.69) is 16.0 Å². The average molecular weight is 347 g/mol. The maximum Gasteiger partial charge on any atom is 0.328 e. The van der Waals surface area contributed by atoms with Crippen LogP contribution < -0.4 is 16.0 Å². The van der Waals surface area contributed by atoms with E-state index in [0.29, 0.717) is 31.7 Å². The molecule has 25 heavy (non-hydrogen) atoms. The summed E-state index contributed by atoms with van der Waals surface area (Å²) in [4.78, 5) is 37.9. The third kappa shape index (κ3) is 2.62. The minimum Gasteiger partial charge on any atom is -0.391 e. The number of nitrogens with one attached hydrogen (secondary N) is 3. The zero-order chi connectivity index (χ0) is 18.1. The first-order valence-electron chi connectivity index (χ1n) is 8.38. The Balaban J connectivity index is 2.24. The van der Waals surface area contributed by atoms with Gasteiger partial charge in [-0.25, -0.2) is 4.79 Å². The van der Waals surface area contributed by atoms with Crippen LogP contribution in [0.2, 0.25) is 0 Å². The molecule has 2 aliphatic rings. The van der Waals surface area contributed by atoms with Gasteiger partial charge in [0.25, 0.3) is 5.54 Å². The topological polar surface area (TPSA) is 108 Å². The fraction of sp³-hybridized carbons (Fsp3) is 0.471. The number of aliphatic hydroxyl groups is 1. The van der Waals surface area contributed by atoms with Crippen molar-refractivity contribution >= 4 is 17.8 Å². The second kappa shape index (κ2) is 6.55. The zero-order valence-electron chi connectivity index (χ0n) is 14.2. The van der Waals surface area contributed by atoms with Crippen molar-refractivity contribution in [2.45, 2.75) is 12.5 Å². The predicted molar refractivity (Wildman–Crippen MR) is 89.4 cm³/mol. The summed E-state index contributed by atoms with van der Waals surface area (Å²) in [5.74, 6) is -1.28. The third-order valence-electron chi connectivity index (χ3n) is 5.25. The van der Waals surface area contributed by atoms with Crippen LogP contribution in [0.4, 0.5) is 4.79 Å². The van der Waals surface area contributed by atoms with Crippen LogP contribution in [0.3, 0.4) is 0 Å². The van der Waals surface area contributed by atoms with Gasteiger partial charge in [-0.05, 0) is 6.92 Å². The molecule has 0 radical (unpaired) electrons. The number of carbonyl (C=O) groups excluding carboxylic acids is 3. The Hall–Kier alpha value is -2.29. The minimum atomic E-state index is -1.60. The fourth-order valence-corrected chi connectivity index (χ4v) is 4.02. The lowest BCUT2D eigenvalue weighted by atomic mass is 9.80. The van der Waals surface area contributed by atoms with Crippen LogP contribution in [0.5, 0.6) is 0 Å². The van der Waals surface area contributed by atoms with Gasteiger partial charge in [0.15, 0.2) is 0 Å². The first-order valence-corrected chi connectivity index (χ1v) is 8.38. The van der Waals surface area contributed by atoms with Gasteiger partial charge in [-0.3, -0.25) is 24.7 Å². The summed E-state index contributed by atoms with van der Waals surface area (Å²) in [6.07, 6.45) is 0. The molecule has 2 aliphatic heterocycles. The van der Waals surface area contributed by atoms with Gasteiger partial charge in [0.05, 0.1) is 19.7 Å². The van der Waals surface area contributed by atoms with Crippen molar-refractivity contribution in [2.24, 2.45) is 0 Å². The van der Waals surface area contributed by atoms with E-state index in [1.165, 1.54) is 0 Å². The molecule has 2 fully saturated rings. The van der Waals surface area contributed by atoms with Crippen LogP contribution in [-0.2, 0) is 15.1 Å². The van der Waals surface area contributed by atoms with Crippen molar-refractivity contribution in [1.82, 2.24) is 16.0 Å². The number of urea groups is 1. The Labute approximate surface area is 145 Å². The van der Waals surface area contributed by atoms with Crippen molar-refractivity contribution in [2.75, 3.05) is 39.3 Å². The van der Waals surface area contributed by atoms with Crippen molar-refractivity contribution in [3.63, 3.8) is 0 Å². The molecule has 134 valence electrons. The van der Waals surface area contributed by atoms with Gasteiger partial charge >= 0.3 is 17.8 Å². The summed E-state index contributed by atoms with van der Waals surface area (Å²) >= 11 is 0. The monoisotopic (exact) mass is 347 g/mol. The van der Waals surface area contributed by atoms with Gasteiger partial charge in [0.1, 0.15) is 6.54 Å². The maximum atomic E-state index is 13.1. The van der Waals surface area contributed by atoms with E-state index in [1.807, 2.05) is 19.1 Å². The quantitative estimate of drug-likeness (QED) is 0.411. The molecular formula is C17H23N4O4+. The number of hydrogen-bond donors (Lipinski definition) is 4. The van der Waals surface area contributed by atoms with Gasteiger partial charge in [0.2, 0.25) is 0 Å². The summed E-state index contributed by atoms with van der Waals surface area (Å²) in [5.41, 5.74) is -0.0801. The molecule has 4 N–H and O–H groups in total. The molecule has 8 heteroatoms. The second-order valence-corrected chi connectivity index (χ2v) is 6.60. The standard InChI is InChI=1S/C17H22N4O4/c1-12-2-4-13(5-3-12)17(14(23)19-16(25)20-15(17)24)21(10-11-22)8-6-18-7-9-21/h2-5,18,22H,6-11H2,1H3,(H-,19,20,23,24,25)/p+1. The largest absolute Gasteiger partial charge is 0.391 e. The Morgan fingerprint density at radius 2 is 1.60 bits per heavy atom. The van der Waals surface area contributed by atoms with Gasteiger partial charge in [-0.1, -0.05) is 29.8 Å². The number of aryl methyl sites for hydroxylation is 1. The normalized spacial score (nSPS) is 22.2. The number of barbiturate groups is 1. The van der Waals surface area contributed by atoms with Crippen molar-refractivity contribution in [3.8, 4) is 0 Å². The fourth-order valence-electron chi connectivity index (χ4n) is 4.02. The highest BCUT2D eigenvalue weighted by Gasteiger charge is 2.66. The molecule has 0 bridgehead atoms. The van der Waals surface area contributed by atoms with Crippen LogP contribution in [0.1, 0.15) is 11.1 Å². The molecule has 4 amide bonds. The molecule has 2 saturated heterocycles. The highest BCUT2D eigenvalue weighted by molar-refractivity contribution is 6.21. The van der Waals surface area contributed by atoms with Crippen molar-refractivity contribution in [3.05, 3.63) is 35.4 Å². The highest BCUT2D eigenvalue weighted by Crippen LogP contribution is 2.38. The van der Waals surface area contributed by atoms with E-state index < -0.39 is 23.4 Å². The lowest BCUT2D eigenvalue weighted by Gasteiger charge is -2.53. The summed E-state index contributed by atoms with van der Waals surface area (Å²) in [5, 5.41) is 17.4. The molecular weight excluding hydrogens is 324 g/mol. The first kappa shape index (κ1) is 17.5. The zero-order valence-corrected chi connectivity index (χ0v) is 14.2. The third-order valence-corrected chi connectivity index (χ3v) is 5.25. The Bertz CT molecular complexity index is 670. The maximum absolute atomic E-state index is 13.1. The first-order chi connectivity index (χ1) is 12.0. The SMILES string of the molecule is Cc1ccc(C2([N+]3(CCO)CCNCC3)C(=O)NC(=O)NC2=O)cc1. The number of rotatable bonds is 4. The van der Waals surface area contributed by atoms with Gasteiger partial charge in [0, 0.05) is 18.7 Å². The van der Waals surface area contributed by atoms with Gasteiger partial charge in [-0.15, -0.1) is 0 Å². The van der Waals surface area contributed by atoms with Gasteiger partial charge < -0.3 is 10.4 Å². The lowest BCUT2D eigenvalue weighted by molar-refractivity contribution is -0.965. The summed E-state index contributed by atoms with van der Waals surface area (Å²) in [6, 6.07) is 6.38. The van der Waals surface area contributed by atoms with E-state index in [-0.39, 0.29) is 17.6 Å². The number of aliphatic hydroxyl groups excluding tert-OH is 1. The molecule has 0 saturated carbocycles. The van der Waals surface area contributed by atoms with E-state index in [1.54, 1.807) is 12.1 Å². The predicted octanol–water partition coefficient (Wildman–Crippen LogP) is -1.03. The molecule has 0 aliphatic carbocycles. The number of imide groups is 2. The smallest absolute Gasteiger partial charge is 0.328 e. The van der Waals surface area contributed by atoms with E-state index in [0.717, 1.165) is 5.56 Å². The van der Waals surface area contributed by atoms with Crippen LogP contribution in [0, 0.1) is 6.92 Å². The number of piperazine rings is 1. The Morgan fingerprint density at radius 1 is 1.04 bits per heavy atom. The molecule has 1 aromatic carbocycles. The number of benzene rings is 1. The van der Waals surface area contributed by atoms with E-state index in [9.17, 15) is 19.5 Å². The van der Waals surface area contributed by atoms with Crippen LogP contribution in [-0.4, -0.2) is 66.8 Å². The summed E-state index contributed by atoms with van der Waals surface area (Å²) < 4.78 is 0.0739. The van der Waals surface area contributed by atoms with Crippen molar-refractivity contribution in [1.29, 1.82) is 0 Å². The van der Waals surface area contributed by atoms with Gasteiger partial charge in [-0.2, -0.15) is 0 Å². The summed E-state index contributed by atoms with van der Waals surface area (Å²) in [6.45, 7) is 4.20. The minimum absolute atomic E-state index is 0.0739. The van der Waals surface area contributed by atoms with Crippen molar-refractivity contribution < 1.29 is 24.0 Å². The number of carbonyl (C=O) groups is 3. The Kier molecular flexibility index (Phi) is 4.59. The number of nitrogens with zero attached hydrogens (tertiary/aromatic N) is 1. The molecule has 0 unspecified atom stereocenters. The molecule has 3 rings (SSSR count). The molecule has 0 aromatic heterocycles. The molecule has 2 heterocycles. The molecule has 0 atom stereocenters. The van der Waals surface area contributed by atoms with E-state index >= 15 is 0 Å². The Morgan fingerprint density at radius 3 is 2.12 bits per heavy atom. The number of hydrogen-bond acceptors (Lipinski definition) is 5. The average Bonchev–Trinajstić information content (AvgIpc) is 2.57. The van der Waals surface area contributed by atoms with Crippen LogP contribution >= 0.6 is 0 Å². The second-order valence-electron chi connectivity index (χ2n) is 6.60. The number of quaternary nitrogens is 1. The number of amides is 4. The molecule has 0 spiro atoms. The van der Waals surface area contributed by atoms with Crippen LogP contribution in [0.15, 0.2) is 24.3 Å². The van der Waals surface area contributed by atoms with E-state index in [4.69, 9.17) is 0 Å². The molecule has 1 aromatic rings. The highest BCUT2D eigenvalue weighted by atomic mass is 16.3. The lowest BCUT2D eigenvalue weighted by Crippen LogP contribution is -2.80. The van der Waals surface area contributed by atoms with Crippen LogP contribution in [0.25, 0.3) is 0 Å². The summed E-state index contributed by atoms with van der Waals surface area (Å²) in [7, 11) is 0.